The van der Waals surface area contributed by atoms with Gasteiger partial charge in [0.15, 0.2) is 0 Å². The Kier molecular flexibility index (Phi) is 6.19. The molecule has 1 heterocycles. The molecule has 4 N–H and O–H groups in total. The number of H-pyrrole nitrogens is 1. The number of aliphatic hydroxyl groups excluding tert-OH is 3. The van der Waals surface area contributed by atoms with Crippen LogP contribution in [0.4, 0.5) is 0 Å². The molecule has 0 saturated carbocycles. The van der Waals surface area contributed by atoms with Crippen LogP contribution < -0.4 is 0 Å². The third kappa shape index (κ3) is 3.82. The van der Waals surface area contributed by atoms with Crippen molar-refractivity contribution in [2.24, 2.45) is 0 Å². The summed E-state index contributed by atoms with van der Waals surface area (Å²) >= 11 is 0. The molecule has 0 radical (unpaired) electrons. The molecular formula is C14H23NO5. The normalized spacial score (nSPS) is 14.3. The van der Waals surface area contributed by atoms with Gasteiger partial charge in [0.2, 0.25) is 0 Å². The van der Waals surface area contributed by atoms with Crippen molar-refractivity contribution in [1.82, 2.24) is 4.98 Å². The van der Waals surface area contributed by atoms with Gasteiger partial charge in [0.1, 0.15) is 6.10 Å². The van der Waals surface area contributed by atoms with E-state index in [9.17, 15) is 15.0 Å². The van der Waals surface area contributed by atoms with Crippen LogP contribution in [0.2, 0.25) is 0 Å². The minimum Gasteiger partial charge on any atom is -0.462 e. The highest BCUT2D eigenvalue weighted by Gasteiger charge is 2.25. The zero-order valence-electron chi connectivity index (χ0n) is 12.1. The topological polar surface area (TPSA) is 103 Å². The van der Waals surface area contributed by atoms with Crippen molar-refractivity contribution in [2.45, 2.75) is 45.3 Å². The fraction of sp³-hybridized carbons (Fsp3) is 0.643. The zero-order chi connectivity index (χ0) is 15.3. The van der Waals surface area contributed by atoms with Gasteiger partial charge in [-0.05, 0) is 25.3 Å². The van der Waals surface area contributed by atoms with Gasteiger partial charge in [0.05, 0.1) is 18.3 Å². The Morgan fingerprint density at radius 1 is 1.40 bits per heavy atom. The lowest BCUT2D eigenvalue weighted by Gasteiger charge is -2.15. The number of hydrogen-bond acceptors (Lipinski definition) is 5. The summed E-state index contributed by atoms with van der Waals surface area (Å²) in [7, 11) is 0. The second kappa shape index (κ2) is 7.42. The van der Waals surface area contributed by atoms with Gasteiger partial charge in [-0.15, -0.1) is 0 Å². The van der Waals surface area contributed by atoms with E-state index in [1.54, 1.807) is 6.92 Å². The summed E-state index contributed by atoms with van der Waals surface area (Å²) < 4.78 is 4.98. The van der Waals surface area contributed by atoms with E-state index in [2.05, 4.69) is 4.98 Å². The van der Waals surface area contributed by atoms with E-state index in [0.29, 0.717) is 17.0 Å². The highest BCUT2D eigenvalue weighted by molar-refractivity contribution is 5.91. The molecule has 114 valence electrons. The number of esters is 1. The highest BCUT2D eigenvalue weighted by atomic mass is 16.5. The minimum absolute atomic E-state index is 0.0466. The Hall–Kier alpha value is -1.37. The van der Waals surface area contributed by atoms with Crippen molar-refractivity contribution in [2.75, 3.05) is 13.2 Å². The Morgan fingerprint density at radius 2 is 2.05 bits per heavy atom. The van der Waals surface area contributed by atoms with Crippen LogP contribution in [-0.4, -0.2) is 45.6 Å². The summed E-state index contributed by atoms with van der Waals surface area (Å²) in [6.07, 6.45) is -2.21. The molecule has 0 saturated heterocycles. The Labute approximate surface area is 118 Å². The first-order valence-electron chi connectivity index (χ1n) is 6.79. The van der Waals surface area contributed by atoms with Gasteiger partial charge in [0.25, 0.3) is 0 Å². The molecule has 0 bridgehead atoms. The molecule has 6 nitrogen and oxygen atoms in total. The lowest BCUT2D eigenvalue weighted by Crippen LogP contribution is -2.19. The van der Waals surface area contributed by atoms with Crippen LogP contribution in [0.25, 0.3) is 0 Å². The number of rotatable bonds is 7. The molecule has 2 atom stereocenters. The maximum atomic E-state index is 11.9. The lowest BCUT2D eigenvalue weighted by molar-refractivity contribution is 0.00209. The molecule has 2 unspecified atom stereocenters. The van der Waals surface area contributed by atoms with E-state index in [-0.39, 0.29) is 25.6 Å². The fourth-order valence-corrected chi connectivity index (χ4v) is 1.98. The van der Waals surface area contributed by atoms with E-state index in [1.807, 2.05) is 13.8 Å². The number of nitrogens with one attached hydrogen (secondary N) is 1. The molecule has 6 heteroatoms. The van der Waals surface area contributed by atoms with Crippen LogP contribution in [0.3, 0.4) is 0 Å². The number of aliphatic hydroxyl groups is 3. The molecule has 0 aliphatic rings. The molecule has 0 aliphatic carbocycles. The number of carbonyl (C=O) groups is 1. The summed E-state index contributed by atoms with van der Waals surface area (Å²) in [4.78, 5) is 14.8. The first-order valence-corrected chi connectivity index (χ1v) is 6.79. The molecular weight excluding hydrogens is 262 g/mol. The average molecular weight is 285 g/mol. The largest absolute Gasteiger partial charge is 0.462 e. The van der Waals surface area contributed by atoms with Gasteiger partial charge in [-0.2, -0.15) is 0 Å². The van der Waals surface area contributed by atoms with Crippen molar-refractivity contribution < 1.29 is 24.9 Å². The maximum absolute atomic E-state index is 11.9. The second-order valence-corrected chi connectivity index (χ2v) is 4.95. The van der Waals surface area contributed by atoms with Crippen LogP contribution >= 0.6 is 0 Å². The lowest BCUT2D eigenvalue weighted by atomic mass is 10.1. The molecule has 0 amide bonds. The van der Waals surface area contributed by atoms with Crippen molar-refractivity contribution in [3.05, 3.63) is 23.0 Å². The van der Waals surface area contributed by atoms with E-state index in [4.69, 9.17) is 9.84 Å². The fourth-order valence-electron chi connectivity index (χ4n) is 1.98. The third-order valence-corrected chi connectivity index (χ3v) is 3.05. The third-order valence-electron chi connectivity index (χ3n) is 3.05. The Morgan fingerprint density at radius 3 is 2.55 bits per heavy atom. The molecule has 0 aromatic carbocycles. The quantitative estimate of drug-likeness (QED) is 0.562. The number of hydrogen-bond donors (Lipinski definition) is 4. The predicted molar refractivity (Wildman–Crippen MR) is 73.5 cm³/mol. The van der Waals surface area contributed by atoms with Crippen LogP contribution in [0.15, 0.2) is 6.07 Å². The van der Waals surface area contributed by atoms with Crippen molar-refractivity contribution in [3.8, 4) is 0 Å². The number of carbonyl (C=O) groups excluding carboxylic acids is 1. The molecule has 1 rings (SSSR count). The number of aromatic nitrogens is 1. The zero-order valence-corrected chi connectivity index (χ0v) is 12.1. The van der Waals surface area contributed by atoms with Crippen LogP contribution in [0.1, 0.15) is 61.0 Å². The SMILES string of the molecule is CCOC(=O)c1cc(C(O)C(O)CCO)[nH]c1C(C)C. The standard InChI is InChI=1S/C14H23NO5/c1-4-20-14(19)9-7-10(15-12(9)8(2)3)13(18)11(17)5-6-16/h7-8,11,13,15-18H,4-6H2,1-3H3. The molecule has 1 aromatic heterocycles. The first kappa shape index (κ1) is 16.7. The second-order valence-electron chi connectivity index (χ2n) is 4.95. The van der Waals surface area contributed by atoms with E-state index >= 15 is 0 Å². The van der Waals surface area contributed by atoms with Crippen LogP contribution in [-0.2, 0) is 4.74 Å². The maximum Gasteiger partial charge on any atom is 0.339 e. The molecule has 0 spiro atoms. The van der Waals surface area contributed by atoms with Crippen LogP contribution in [0, 0.1) is 0 Å². The van der Waals surface area contributed by atoms with E-state index in [1.165, 1.54) is 6.07 Å². The monoisotopic (exact) mass is 285 g/mol. The van der Waals surface area contributed by atoms with Gasteiger partial charge in [-0.1, -0.05) is 13.8 Å². The van der Waals surface area contributed by atoms with Gasteiger partial charge in [-0.25, -0.2) is 4.79 Å². The summed E-state index contributed by atoms with van der Waals surface area (Å²) in [6.45, 7) is 5.59. The summed E-state index contributed by atoms with van der Waals surface area (Å²) in [5.74, 6) is -0.409. The van der Waals surface area contributed by atoms with Gasteiger partial charge >= 0.3 is 5.97 Å². The van der Waals surface area contributed by atoms with E-state index < -0.39 is 18.2 Å². The molecule has 20 heavy (non-hydrogen) atoms. The minimum atomic E-state index is -1.18. The van der Waals surface area contributed by atoms with Gasteiger partial charge in [0, 0.05) is 18.0 Å². The Balaban J connectivity index is 3.05. The number of aromatic amines is 1. The molecule has 1 aromatic rings. The summed E-state index contributed by atoms with van der Waals surface area (Å²) in [5, 5.41) is 28.5. The first-order chi connectivity index (χ1) is 9.42. The predicted octanol–water partition coefficient (Wildman–Crippen LogP) is 1.09. The van der Waals surface area contributed by atoms with Crippen LogP contribution in [0.5, 0.6) is 0 Å². The Bertz CT molecular complexity index is 441. The summed E-state index contributed by atoms with van der Waals surface area (Å²) in [5.41, 5.74) is 1.37. The van der Waals surface area contributed by atoms with Gasteiger partial charge in [-0.3, -0.25) is 0 Å². The number of ether oxygens (including phenoxy) is 1. The van der Waals surface area contributed by atoms with E-state index in [0.717, 1.165) is 0 Å². The van der Waals surface area contributed by atoms with Gasteiger partial charge < -0.3 is 25.0 Å². The smallest absolute Gasteiger partial charge is 0.339 e. The summed E-state index contributed by atoms with van der Waals surface area (Å²) in [6, 6.07) is 1.50. The highest BCUT2D eigenvalue weighted by Crippen LogP contribution is 2.26. The van der Waals surface area contributed by atoms with Crippen molar-refractivity contribution >= 4 is 5.97 Å². The molecule has 0 aliphatic heterocycles. The average Bonchev–Trinajstić information content (AvgIpc) is 2.83. The molecule has 0 fully saturated rings. The van der Waals surface area contributed by atoms with Crippen molar-refractivity contribution in [1.29, 1.82) is 0 Å². The van der Waals surface area contributed by atoms with Crippen molar-refractivity contribution in [3.63, 3.8) is 0 Å².